The van der Waals surface area contributed by atoms with Crippen molar-refractivity contribution in [1.82, 2.24) is 20.0 Å². The predicted molar refractivity (Wildman–Crippen MR) is 137 cm³/mol. The Morgan fingerprint density at radius 3 is 2.51 bits per heavy atom. The first-order valence-corrected chi connectivity index (χ1v) is 12.4. The lowest BCUT2D eigenvalue weighted by atomic mass is 10.1. The lowest BCUT2D eigenvalue weighted by Crippen LogP contribution is -2.60. The molecule has 2 fully saturated rings. The lowest BCUT2D eigenvalue weighted by molar-refractivity contribution is -0.145. The van der Waals surface area contributed by atoms with E-state index in [2.05, 4.69) is 10.6 Å². The molecule has 0 unspecified atom stereocenters. The van der Waals surface area contributed by atoms with Gasteiger partial charge in [0.2, 0.25) is 17.7 Å². The van der Waals surface area contributed by atoms with E-state index < -0.39 is 6.04 Å². The molecule has 2 aromatic carbocycles. The number of anilines is 1. The fourth-order valence-electron chi connectivity index (χ4n) is 4.87. The number of hydrogen-bond acceptors (Lipinski definition) is 6. The van der Waals surface area contributed by atoms with E-state index in [0.717, 1.165) is 10.8 Å². The third kappa shape index (κ3) is 5.49. The molecule has 3 aromatic rings. The van der Waals surface area contributed by atoms with E-state index in [1.807, 2.05) is 47.4 Å². The number of amides is 4. The monoisotopic (exact) mass is 503 g/mol. The van der Waals surface area contributed by atoms with Crippen LogP contribution < -0.4 is 10.6 Å². The highest BCUT2D eigenvalue weighted by molar-refractivity contribution is 6.04. The topological polar surface area (TPSA) is 115 Å². The van der Waals surface area contributed by atoms with Crippen molar-refractivity contribution in [2.45, 2.75) is 12.5 Å². The van der Waals surface area contributed by atoms with Gasteiger partial charge in [-0.2, -0.15) is 0 Å². The summed E-state index contributed by atoms with van der Waals surface area (Å²) in [7, 11) is 0. The minimum Gasteiger partial charge on any atom is -0.459 e. The Kier molecular flexibility index (Phi) is 7.18. The number of rotatable bonds is 6. The van der Waals surface area contributed by atoms with Gasteiger partial charge in [-0.15, -0.1) is 0 Å². The molecule has 4 amide bonds. The number of carbonyl (C=O) groups excluding carboxylic acids is 4. The Balaban J connectivity index is 1.18. The molecule has 5 rings (SSSR count). The zero-order valence-corrected chi connectivity index (χ0v) is 20.4. The zero-order valence-electron chi connectivity index (χ0n) is 20.4. The first kappa shape index (κ1) is 24.5. The van der Waals surface area contributed by atoms with Crippen LogP contribution in [0.15, 0.2) is 65.3 Å². The van der Waals surface area contributed by atoms with E-state index in [4.69, 9.17) is 4.42 Å². The molecule has 0 spiro atoms. The van der Waals surface area contributed by atoms with Crippen LogP contribution in [0.4, 0.5) is 5.69 Å². The van der Waals surface area contributed by atoms with Crippen LogP contribution in [0.2, 0.25) is 0 Å². The maximum absolute atomic E-state index is 13.2. The molecular formula is C27H29N5O5. The molecule has 0 radical (unpaired) electrons. The van der Waals surface area contributed by atoms with Crippen LogP contribution in [-0.2, 0) is 14.4 Å². The van der Waals surface area contributed by atoms with Gasteiger partial charge in [-0.3, -0.25) is 24.1 Å². The second kappa shape index (κ2) is 10.8. The number of furan rings is 1. The Morgan fingerprint density at radius 1 is 0.946 bits per heavy atom. The summed E-state index contributed by atoms with van der Waals surface area (Å²) in [5.41, 5.74) is 0.666. The number of fused-ring (bicyclic) bond motifs is 1. The van der Waals surface area contributed by atoms with Gasteiger partial charge in [0.05, 0.1) is 19.2 Å². The van der Waals surface area contributed by atoms with Gasteiger partial charge in [-0.05, 0) is 23.6 Å². The Hall–Kier alpha value is -4.18. The van der Waals surface area contributed by atoms with Gasteiger partial charge in [0.15, 0.2) is 5.76 Å². The Labute approximate surface area is 214 Å². The average molecular weight is 504 g/mol. The molecule has 0 bridgehead atoms. The summed E-state index contributed by atoms with van der Waals surface area (Å²) >= 11 is 0. The van der Waals surface area contributed by atoms with Crippen molar-refractivity contribution < 1.29 is 23.6 Å². The Bertz CT molecular complexity index is 1290. The van der Waals surface area contributed by atoms with Crippen LogP contribution in [0, 0.1) is 0 Å². The Morgan fingerprint density at radius 2 is 1.73 bits per heavy atom. The summed E-state index contributed by atoms with van der Waals surface area (Å²) in [6.07, 6.45) is 1.34. The molecule has 2 saturated heterocycles. The van der Waals surface area contributed by atoms with Gasteiger partial charge in [0.1, 0.15) is 6.04 Å². The van der Waals surface area contributed by atoms with Crippen molar-refractivity contribution in [3.05, 3.63) is 66.6 Å². The van der Waals surface area contributed by atoms with Crippen molar-refractivity contribution >= 4 is 40.1 Å². The number of piperazine rings is 2. The number of benzene rings is 2. The lowest BCUT2D eigenvalue weighted by Gasteiger charge is -2.38. The summed E-state index contributed by atoms with van der Waals surface area (Å²) in [6, 6.07) is 15.8. The van der Waals surface area contributed by atoms with Gasteiger partial charge < -0.3 is 24.9 Å². The van der Waals surface area contributed by atoms with E-state index in [-0.39, 0.29) is 36.6 Å². The molecule has 2 aliphatic heterocycles. The molecule has 2 aliphatic rings. The predicted octanol–water partition coefficient (Wildman–Crippen LogP) is 1.55. The van der Waals surface area contributed by atoms with E-state index in [9.17, 15) is 19.2 Å². The zero-order chi connectivity index (χ0) is 25.8. The van der Waals surface area contributed by atoms with E-state index in [1.54, 1.807) is 17.0 Å². The molecule has 192 valence electrons. The van der Waals surface area contributed by atoms with Gasteiger partial charge in [0.25, 0.3) is 5.91 Å². The first-order chi connectivity index (χ1) is 18.0. The fraction of sp³-hybridized carbons (Fsp3) is 0.333. The highest BCUT2D eigenvalue weighted by Gasteiger charge is 2.36. The van der Waals surface area contributed by atoms with Gasteiger partial charge in [0, 0.05) is 50.3 Å². The molecule has 0 saturated carbocycles. The third-order valence-electron chi connectivity index (χ3n) is 6.84. The standard InChI is InChI=1S/C27H29N5O5/c33-24(29-21-8-3-6-19-5-1-2-7-20(19)21)17-22-26(35)28-10-11-32(22)25(34)18-30-12-14-31(15-13-30)27(36)23-9-4-16-37-23/h1-9,16,22H,10-15,17-18H2,(H,28,35)(H,29,33)/t22-/m0/s1. The summed E-state index contributed by atoms with van der Waals surface area (Å²) in [4.78, 5) is 56.5. The van der Waals surface area contributed by atoms with E-state index in [1.165, 1.54) is 11.2 Å². The first-order valence-electron chi connectivity index (χ1n) is 12.4. The van der Waals surface area contributed by atoms with Crippen LogP contribution in [0.3, 0.4) is 0 Å². The largest absolute Gasteiger partial charge is 0.459 e. The molecular weight excluding hydrogens is 474 g/mol. The van der Waals surface area contributed by atoms with Crippen molar-refractivity contribution in [3.8, 4) is 0 Å². The fourth-order valence-corrected chi connectivity index (χ4v) is 4.87. The summed E-state index contributed by atoms with van der Waals surface area (Å²) in [5, 5.41) is 7.58. The van der Waals surface area contributed by atoms with Crippen LogP contribution in [0.1, 0.15) is 17.0 Å². The molecule has 1 aromatic heterocycles. The SMILES string of the molecule is O=C(C[C@H]1C(=O)NCCN1C(=O)CN1CCN(C(=O)c2ccco2)CC1)Nc1cccc2ccccc12. The highest BCUT2D eigenvalue weighted by Crippen LogP contribution is 2.23. The number of nitrogens with zero attached hydrogens (tertiary/aromatic N) is 3. The minimum atomic E-state index is -0.877. The van der Waals surface area contributed by atoms with E-state index in [0.29, 0.717) is 50.7 Å². The van der Waals surface area contributed by atoms with Crippen LogP contribution in [0.25, 0.3) is 10.8 Å². The summed E-state index contributed by atoms with van der Waals surface area (Å²) in [6.45, 7) is 2.83. The maximum Gasteiger partial charge on any atom is 0.289 e. The minimum absolute atomic E-state index is 0.123. The molecule has 10 heteroatoms. The number of nitrogens with one attached hydrogen (secondary N) is 2. The quantitative estimate of drug-likeness (QED) is 0.528. The van der Waals surface area contributed by atoms with Crippen LogP contribution in [-0.4, -0.2) is 90.2 Å². The van der Waals surface area contributed by atoms with Crippen molar-refractivity contribution in [2.24, 2.45) is 0 Å². The number of hydrogen-bond donors (Lipinski definition) is 2. The van der Waals surface area contributed by atoms with Gasteiger partial charge in [-0.1, -0.05) is 36.4 Å². The summed E-state index contributed by atoms with van der Waals surface area (Å²) < 4.78 is 5.20. The molecule has 37 heavy (non-hydrogen) atoms. The molecule has 2 N–H and O–H groups in total. The molecule has 0 aliphatic carbocycles. The van der Waals surface area contributed by atoms with Gasteiger partial charge >= 0.3 is 0 Å². The third-order valence-corrected chi connectivity index (χ3v) is 6.84. The van der Waals surface area contributed by atoms with Crippen molar-refractivity contribution in [3.63, 3.8) is 0 Å². The summed E-state index contributed by atoms with van der Waals surface area (Å²) in [5.74, 6) is -0.735. The van der Waals surface area contributed by atoms with Crippen LogP contribution >= 0.6 is 0 Å². The van der Waals surface area contributed by atoms with Crippen molar-refractivity contribution in [1.29, 1.82) is 0 Å². The van der Waals surface area contributed by atoms with E-state index >= 15 is 0 Å². The smallest absolute Gasteiger partial charge is 0.289 e. The highest BCUT2D eigenvalue weighted by atomic mass is 16.3. The molecule has 10 nitrogen and oxygen atoms in total. The maximum atomic E-state index is 13.2. The molecule has 1 atom stereocenters. The second-order valence-electron chi connectivity index (χ2n) is 9.22. The average Bonchev–Trinajstić information content (AvgIpc) is 3.45. The normalized spacial score (nSPS) is 18.5. The number of carbonyl (C=O) groups is 4. The van der Waals surface area contributed by atoms with Crippen LogP contribution in [0.5, 0.6) is 0 Å². The second-order valence-corrected chi connectivity index (χ2v) is 9.22. The van der Waals surface area contributed by atoms with Crippen molar-refractivity contribution in [2.75, 3.05) is 51.1 Å². The van der Waals surface area contributed by atoms with Gasteiger partial charge in [-0.25, -0.2) is 0 Å². The molecule has 3 heterocycles.